The number of carboxylic acid groups (broad SMARTS) is 2. The molecule has 41 heavy (non-hydrogen) atoms. The van der Waals surface area contributed by atoms with Gasteiger partial charge in [-0.1, -0.05) is 12.1 Å². The molecule has 0 aliphatic carbocycles. The summed E-state index contributed by atoms with van der Waals surface area (Å²) in [5, 5.41) is 35.3. The van der Waals surface area contributed by atoms with Gasteiger partial charge in [0.25, 0.3) is 0 Å². The highest BCUT2D eigenvalue weighted by molar-refractivity contribution is 5.95. The van der Waals surface area contributed by atoms with E-state index in [1.165, 1.54) is 12.1 Å². The van der Waals surface area contributed by atoms with Crippen LogP contribution in [0.5, 0.6) is 5.75 Å². The van der Waals surface area contributed by atoms with E-state index in [9.17, 15) is 39.3 Å². The lowest BCUT2D eigenvalue weighted by Gasteiger charge is -2.24. The van der Waals surface area contributed by atoms with Crippen LogP contribution in [-0.2, 0) is 30.4 Å². The highest BCUT2D eigenvalue weighted by atomic mass is 16.4. The van der Waals surface area contributed by atoms with E-state index >= 15 is 0 Å². The number of phenolic OH excluding ortho intramolecular Hbond substituents is 1. The van der Waals surface area contributed by atoms with Crippen molar-refractivity contribution in [2.75, 3.05) is 13.1 Å². The van der Waals surface area contributed by atoms with Gasteiger partial charge in [-0.15, -0.1) is 0 Å². The molecule has 1 aromatic carbocycles. The van der Waals surface area contributed by atoms with Crippen LogP contribution in [0.25, 0.3) is 0 Å². The van der Waals surface area contributed by atoms with Crippen molar-refractivity contribution < 1.29 is 39.3 Å². The first kappa shape index (κ1) is 34.6. The minimum Gasteiger partial charge on any atom is -0.508 e. The van der Waals surface area contributed by atoms with E-state index in [1.54, 1.807) is 12.1 Å². The van der Waals surface area contributed by atoms with Crippen LogP contribution >= 0.6 is 0 Å². The van der Waals surface area contributed by atoms with Crippen molar-refractivity contribution in [3.63, 3.8) is 0 Å². The molecule has 1 rings (SSSR count). The first-order valence-corrected chi connectivity index (χ1v) is 13.0. The Bertz CT molecular complexity index is 1060. The normalized spacial score (nSPS) is 13.6. The highest BCUT2D eigenvalue weighted by Crippen LogP contribution is 2.11. The minimum atomic E-state index is -1.64. The Kier molecular flexibility index (Phi) is 15.2. The molecule has 3 amide bonds. The summed E-state index contributed by atoms with van der Waals surface area (Å²) in [6.07, 6.45) is 0.458. The fourth-order valence-electron chi connectivity index (χ4n) is 3.71. The first-order valence-electron chi connectivity index (χ1n) is 13.0. The van der Waals surface area contributed by atoms with Crippen molar-refractivity contribution in [3.8, 4) is 5.75 Å². The third-order valence-electron chi connectivity index (χ3n) is 5.88. The van der Waals surface area contributed by atoms with Gasteiger partial charge in [-0.3, -0.25) is 24.2 Å². The number of guanidine groups is 1. The number of aromatic hydroxyl groups is 1. The van der Waals surface area contributed by atoms with Gasteiger partial charge in [-0.25, -0.2) is 4.79 Å². The van der Waals surface area contributed by atoms with Crippen LogP contribution in [0.3, 0.4) is 0 Å². The molecule has 0 fully saturated rings. The predicted octanol–water partition coefficient (Wildman–Crippen LogP) is -2.54. The number of aliphatic carboxylic acids is 2. The van der Waals surface area contributed by atoms with Crippen molar-refractivity contribution in [3.05, 3.63) is 29.8 Å². The molecule has 0 aromatic heterocycles. The molecule has 1 aromatic rings. The quantitative estimate of drug-likeness (QED) is 0.0460. The fourth-order valence-corrected chi connectivity index (χ4v) is 3.71. The lowest BCUT2D eigenvalue weighted by atomic mass is 10.0. The molecule has 0 spiro atoms. The van der Waals surface area contributed by atoms with Crippen molar-refractivity contribution in [2.24, 2.45) is 27.9 Å². The molecule has 0 aliphatic heterocycles. The second-order valence-corrected chi connectivity index (χ2v) is 9.33. The van der Waals surface area contributed by atoms with Crippen LogP contribution in [0.4, 0.5) is 0 Å². The van der Waals surface area contributed by atoms with E-state index in [4.69, 9.17) is 22.9 Å². The van der Waals surface area contributed by atoms with E-state index in [1.807, 2.05) is 0 Å². The summed E-state index contributed by atoms with van der Waals surface area (Å²) in [7, 11) is 0. The average Bonchev–Trinajstić information content (AvgIpc) is 2.89. The predicted molar refractivity (Wildman–Crippen MR) is 148 cm³/mol. The number of nitrogens with zero attached hydrogens (tertiary/aromatic N) is 1. The van der Waals surface area contributed by atoms with Crippen LogP contribution < -0.4 is 38.9 Å². The lowest BCUT2D eigenvalue weighted by Crippen LogP contribution is -2.57. The number of carbonyl (C=O) groups is 5. The van der Waals surface area contributed by atoms with Crippen LogP contribution in [0, 0.1) is 0 Å². The second kappa shape index (κ2) is 18.0. The van der Waals surface area contributed by atoms with Gasteiger partial charge in [0, 0.05) is 6.54 Å². The van der Waals surface area contributed by atoms with Gasteiger partial charge in [0.1, 0.15) is 23.9 Å². The van der Waals surface area contributed by atoms with Gasteiger partial charge in [0.05, 0.1) is 12.5 Å². The summed E-state index contributed by atoms with van der Waals surface area (Å²) in [4.78, 5) is 65.6. The van der Waals surface area contributed by atoms with Gasteiger partial charge in [0.15, 0.2) is 5.96 Å². The Morgan fingerprint density at radius 3 is 1.93 bits per heavy atom. The fraction of sp³-hybridized carbons (Fsp3) is 0.520. The number of rotatable bonds is 19. The van der Waals surface area contributed by atoms with E-state index < -0.39 is 60.2 Å². The monoisotopic (exact) mass is 580 g/mol. The second-order valence-electron chi connectivity index (χ2n) is 9.33. The summed E-state index contributed by atoms with van der Waals surface area (Å²) in [5.74, 6) is -5.50. The van der Waals surface area contributed by atoms with Gasteiger partial charge in [0.2, 0.25) is 17.7 Å². The maximum atomic E-state index is 13.1. The Morgan fingerprint density at radius 1 is 0.805 bits per heavy atom. The van der Waals surface area contributed by atoms with E-state index in [2.05, 4.69) is 20.9 Å². The summed E-state index contributed by atoms with van der Waals surface area (Å²) in [6.45, 7) is 0.433. The average molecular weight is 581 g/mol. The lowest BCUT2D eigenvalue weighted by molar-refractivity contribution is -0.143. The summed E-state index contributed by atoms with van der Waals surface area (Å²) < 4.78 is 0. The van der Waals surface area contributed by atoms with Gasteiger partial charge >= 0.3 is 11.9 Å². The highest BCUT2D eigenvalue weighted by Gasteiger charge is 2.31. The summed E-state index contributed by atoms with van der Waals surface area (Å²) in [6, 6.07) is 0.784. The molecular formula is C25H40N8O8. The van der Waals surface area contributed by atoms with Crippen LogP contribution in [0.1, 0.15) is 44.1 Å². The largest absolute Gasteiger partial charge is 0.508 e. The molecule has 16 heteroatoms. The SMILES string of the molecule is NCCCCC(NC(=O)C(N)Cc1ccc(O)cc1)C(=O)NC(CC(=O)O)C(=O)NC(CCCN=C(N)N)C(=O)O. The molecule has 4 unspecified atom stereocenters. The number of amides is 3. The van der Waals surface area contributed by atoms with Gasteiger partial charge in [-0.2, -0.15) is 0 Å². The van der Waals surface area contributed by atoms with E-state index in [-0.39, 0.29) is 43.9 Å². The van der Waals surface area contributed by atoms with Crippen molar-refractivity contribution in [1.29, 1.82) is 0 Å². The molecule has 0 saturated carbocycles. The Balaban J connectivity index is 2.96. The number of phenols is 1. The molecule has 0 heterocycles. The molecular weight excluding hydrogens is 540 g/mol. The van der Waals surface area contributed by atoms with Crippen molar-refractivity contribution in [1.82, 2.24) is 16.0 Å². The standard InChI is InChI=1S/C25H40N8O8/c26-10-2-1-4-17(31-21(37)16(27)12-14-6-8-15(34)9-7-14)22(38)33-19(13-20(35)36)23(39)32-18(24(40)41)5-3-11-30-25(28)29/h6-9,16-19,34H,1-5,10-13,26-27H2,(H,31,37)(H,32,39)(H,33,38)(H,35,36)(H,40,41)(H4,28,29,30). The molecule has 0 aliphatic rings. The Labute approximate surface area is 236 Å². The summed E-state index contributed by atoms with van der Waals surface area (Å²) in [5.41, 5.74) is 22.7. The number of aliphatic imine (C=N–C) groups is 1. The molecule has 14 N–H and O–H groups in total. The number of unbranched alkanes of at least 4 members (excludes halogenated alkanes) is 1. The first-order chi connectivity index (χ1) is 19.3. The zero-order chi connectivity index (χ0) is 30.9. The third kappa shape index (κ3) is 14.0. The van der Waals surface area contributed by atoms with Crippen LogP contribution in [0.15, 0.2) is 29.3 Å². The zero-order valence-electron chi connectivity index (χ0n) is 22.6. The van der Waals surface area contributed by atoms with E-state index in [0.717, 1.165) is 0 Å². The third-order valence-corrected chi connectivity index (χ3v) is 5.88. The number of carboxylic acids is 2. The van der Waals surface area contributed by atoms with E-state index in [0.29, 0.717) is 24.9 Å². The topological polar surface area (TPSA) is 299 Å². The smallest absolute Gasteiger partial charge is 0.326 e. The number of benzene rings is 1. The number of nitrogens with one attached hydrogen (secondary N) is 3. The number of hydrogen-bond acceptors (Lipinski definition) is 9. The van der Waals surface area contributed by atoms with Gasteiger partial charge in [-0.05, 0) is 62.8 Å². The van der Waals surface area contributed by atoms with Crippen LogP contribution in [0.2, 0.25) is 0 Å². The number of carbonyl (C=O) groups excluding carboxylic acids is 3. The molecule has 228 valence electrons. The maximum absolute atomic E-state index is 13.1. The van der Waals surface area contributed by atoms with Crippen molar-refractivity contribution >= 4 is 35.6 Å². The molecule has 4 atom stereocenters. The van der Waals surface area contributed by atoms with Crippen molar-refractivity contribution in [2.45, 2.75) is 69.1 Å². The van der Waals surface area contributed by atoms with Gasteiger partial charge < -0.3 is 54.2 Å². The summed E-state index contributed by atoms with van der Waals surface area (Å²) >= 11 is 0. The number of hydrogen-bond donors (Lipinski definition) is 10. The zero-order valence-corrected chi connectivity index (χ0v) is 22.6. The molecule has 16 nitrogen and oxygen atoms in total. The maximum Gasteiger partial charge on any atom is 0.326 e. The number of nitrogens with two attached hydrogens (primary N) is 4. The Hall–Kier alpha value is -4.44. The Morgan fingerprint density at radius 2 is 1.37 bits per heavy atom. The minimum absolute atomic E-state index is 0.0454. The molecule has 0 radical (unpaired) electrons. The molecule has 0 saturated heterocycles. The molecule has 0 bridgehead atoms. The van der Waals surface area contributed by atoms with Crippen LogP contribution in [-0.4, -0.2) is 88.2 Å².